The number of rotatable bonds is 6. The number of ether oxygens (including phenoxy) is 2. The molecule has 0 spiro atoms. The van der Waals surface area contributed by atoms with Gasteiger partial charge in [0.1, 0.15) is 12.4 Å². The summed E-state index contributed by atoms with van der Waals surface area (Å²) in [6.07, 6.45) is 0. The van der Waals surface area contributed by atoms with Crippen molar-refractivity contribution < 1.29 is 14.3 Å². The molecule has 0 saturated carbocycles. The summed E-state index contributed by atoms with van der Waals surface area (Å²) in [5.41, 5.74) is 0. The van der Waals surface area contributed by atoms with Gasteiger partial charge in [0.05, 0.1) is 19.8 Å². The molecule has 1 aromatic carbocycles. The number of carbonyl (C=O) groups excluding carboxylic acids is 1. The maximum absolute atomic E-state index is 11.8. The number of benzene rings is 1. The van der Waals surface area contributed by atoms with Crippen molar-refractivity contribution in [3.05, 3.63) is 30.3 Å². The van der Waals surface area contributed by atoms with E-state index in [0.29, 0.717) is 46.0 Å². The highest BCUT2D eigenvalue weighted by atomic mass is 16.5. The van der Waals surface area contributed by atoms with E-state index in [9.17, 15) is 4.79 Å². The second kappa shape index (κ2) is 7.76. The molecule has 0 aliphatic carbocycles. The first-order valence-electron chi connectivity index (χ1n) is 6.60. The first-order chi connectivity index (χ1) is 9.36. The summed E-state index contributed by atoms with van der Waals surface area (Å²) in [5, 5.41) is 3.10. The van der Waals surface area contributed by atoms with E-state index >= 15 is 0 Å². The Balaban J connectivity index is 1.55. The number of nitrogens with one attached hydrogen (secondary N) is 1. The zero-order chi connectivity index (χ0) is 13.3. The molecule has 104 valence electrons. The summed E-state index contributed by atoms with van der Waals surface area (Å²) in [4.78, 5) is 13.6. The van der Waals surface area contributed by atoms with Gasteiger partial charge in [-0.3, -0.25) is 4.79 Å². The van der Waals surface area contributed by atoms with E-state index in [1.807, 2.05) is 35.2 Å². The minimum atomic E-state index is 0.128. The molecule has 1 N–H and O–H groups in total. The van der Waals surface area contributed by atoms with Crippen molar-refractivity contribution >= 4 is 5.91 Å². The highest BCUT2D eigenvalue weighted by Gasteiger charge is 2.15. The Kier molecular flexibility index (Phi) is 5.65. The lowest BCUT2D eigenvalue weighted by molar-refractivity contribution is -0.134. The normalized spacial score (nSPS) is 15.3. The number of amides is 1. The third-order valence-corrected chi connectivity index (χ3v) is 2.93. The number of hydrogen-bond donors (Lipinski definition) is 1. The number of para-hydroxylation sites is 1. The zero-order valence-corrected chi connectivity index (χ0v) is 11.0. The highest BCUT2D eigenvalue weighted by molar-refractivity contribution is 5.78. The number of carbonyl (C=O) groups is 1. The molecule has 0 atom stereocenters. The Morgan fingerprint density at radius 3 is 2.74 bits per heavy atom. The van der Waals surface area contributed by atoms with Gasteiger partial charge in [0.2, 0.25) is 5.91 Å². The lowest BCUT2D eigenvalue weighted by Gasteiger charge is -2.26. The summed E-state index contributed by atoms with van der Waals surface area (Å²) < 4.78 is 10.7. The monoisotopic (exact) mass is 264 g/mol. The average molecular weight is 264 g/mol. The van der Waals surface area contributed by atoms with Crippen LogP contribution >= 0.6 is 0 Å². The van der Waals surface area contributed by atoms with E-state index in [1.54, 1.807) is 0 Å². The van der Waals surface area contributed by atoms with Crippen LogP contribution in [0.2, 0.25) is 0 Å². The number of morpholine rings is 1. The van der Waals surface area contributed by atoms with Crippen LogP contribution < -0.4 is 10.1 Å². The molecule has 1 aliphatic heterocycles. The first kappa shape index (κ1) is 13.8. The van der Waals surface area contributed by atoms with Crippen LogP contribution in [0, 0.1) is 0 Å². The van der Waals surface area contributed by atoms with Gasteiger partial charge in [-0.1, -0.05) is 18.2 Å². The molecule has 1 fully saturated rings. The van der Waals surface area contributed by atoms with Gasteiger partial charge >= 0.3 is 0 Å². The van der Waals surface area contributed by atoms with Gasteiger partial charge in [-0.25, -0.2) is 0 Å². The molecule has 2 rings (SSSR count). The molecule has 0 unspecified atom stereocenters. The summed E-state index contributed by atoms with van der Waals surface area (Å²) in [6, 6.07) is 9.65. The molecule has 1 amide bonds. The molecule has 5 heteroatoms. The van der Waals surface area contributed by atoms with E-state index in [1.165, 1.54) is 0 Å². The maximum atomic E-state index is 11.8. The van der Waals surface area contributed by atoms with Crippen LogP contribution in [0.1, 0.15) is 0 Å². The predicted octanol–water partition coefficient (Wildman–Crippen LogP) is 0.514. The fraction of sp³-hybridized carbons (Fsp3) is 0.500. The van der Waals surface area contributed by atoms with Gasteiger partial charge < -0.3 is 19.7 Å². The van der Waals surface area contributed by atoms with Crippen molar-refractivity contribution in [2.45, 2.75) is 0 Å². The first-order valence-corrected chi connectivity index (χ1v) is 6.60. The topological polar surface area (TPSA) is 50.8 Å². The van der Waals surface area contributed by atoms with E-state index < -0.39 is 0 Å². The van der Waals surface area contributed by atoms with Gasteiger partial charge in [0.15, 0.2) is 0 Å². The Morgan fingerprint density at radius 1 is 1.26 bits per heavy atom. The molecule has 0 aromatic heterocycles. The van der Waals surface area contributed by atoms with E-state index in [4.69, 9.17) is 9.47 Å². The van der Waals surface area contributed by atoms with Crippen LogP contribution in [0.15, 0.2) is 30.3 Å². The van der Waals surface area contributed by atoms with Crippen LogP contribution in [0.3, 0.4) is 0 Å². The molecule has 0 radical (unpaired) electrons. The number of hydrogen-bond acceptors (Lipinski definition) is 4. The van der Waals surface area contributed by atoms with Crippen LogP contribution in [0.4, 0.5) is 0 Å². The second-order valence-corrected chi connectivity index (χ2v) is 4.33. The molecular formula is C14H20N2O3. The molecular weight excluding hydrogens is 244 g/mol. The average Bonchev–Trinajstić information content (AvgIpc) is 2.49. The van der Waals surface area contributed by atoms with Crippen molar-refractivity contribution in [2.24, 2.45) is 0 Å². The van der Waals surface area contributed by atoms with Crippen molar-refractivity contribution in [3.8, 4) is 5.75 Å². The van der Waals surface area contributed by atoms with Gasteiger partial charge in [-0.05, 0) is 12.1 Å². The van der Waals surface area contributed by atoms with E-state index in [2.05, 4.69) is 5.32 Å². The smallest absolute Gasteiger partial charge is 0.236 e. The van der Waals surface area contributed by atoms with Crippen LogP contribution in [0.25, 0.3) is 0 Å². The van der Waals surface area contributed by atoms with Gasteiger partial charge in [-0.15, -0.1) is 0 Å². The fourth-order valence-electron chi connectivity index (χ4n) is 1.88. The highest BCUT2D eigenvalue weighted by Crippen LogP contribution is 2.07. The molecule has 1 heterocycles. The SMILES string of the molecule is O=C(CNCCOc1ccccc1)N1CCOCC1. The molecule has 1 aliphatic rings. The van der Waals surface area contributed by atoms with E-state index in [-0.39, 0.29) is 5.91 Å². The van der Waals surface area contributed by atoms with Gasteiger partial charge in [0.25, 0.3) is 0 Å². The van der Waals surface area contributed by atoms with Gasteiger partial charge in [0, 0.05) is 19.6 Å². The summed E-state index contributed by atoms with van der Waals surface area (Å²) in [7, 11) is 0. The largest absolute Gasteiger partial charge is 0.492 e. The summed E-state index contributed by atoms with van der Waals surface area (Å²) >= 11 is 0. The summed E-state index contributed by atoms with van der Waals surface area (Å²) in [6.45, 7) is 4.25. The Bertz CT molecular complexity index is 378. The summed E-state index contributed by atoms with van der Waals surface area (Å²) in [5.74, 6) is 0.979. The van der Waals surface area contributed by atoms with Crippen molar-refractivity contribution in [2.75, 3.05) is 46.0 Å². The van der Waals surface area contributed by atoms with Crippen molar-refractivity contribution in [1.82, 2.24) is 10.2 Å². The second-order valence-electron chi connectivity index (χ2n) is 4.33. The molecule has 19 heavy (non-hydrogen) atoms. The standard InChI is InChI=1S/C14H20N2O3/c17-14(16-7-10-18-11-8-16)12-15-6-9-19-13-4-2-1-3-5-13/h1-5,15H,6-12H2. The Hall–Kier alpha value is -1.59. The van der Waals surface area contributed by atoms with Crippen LogP contribution in [-0.4, -0.2) is 56.8 Å². The zero-order valence-electron chi connectivity index (χ0n) is 11.0. The van der Waals surface area contributed by atoms with Crippen molar-refractivity contribution in [1.29, 1.82) is 0 Å². The van der Waals surface area contributed by atoms with Gasteiger partial charge in [-0.2, -0.15) is 0 Å². The predicted molar refractivity (Wildman–Crippen MR) is 72.2 cm³/mol. The minimum absolute atomic E-state index is 0.128. The Morgan fingerprint density at radius 2 is 2.00 bits per heavy atom. The van der Waals surface area contributed by atoms with Crippen LogP contribution in [0.5, 0.6) is 5.75 Å². The Labute approximate surface area is 113 Å². The third kappa shape index (κ3) is 4.89. The van der Waals surface area contributed by atoms with Crippen LogP contribution in [-0.2, 0) is 9.53 Å². The van der Waals surface area contributed by atoms with Crippen molar-refractivity contribution in [3.63, 3.8) is 0 Å². The van der Waals surface area contributed by atoms with E-state index in [0.717, 1.165) is 5.75 Å². The molecule has 1 aromatic rings. The lowest BCUT2D eigenvalue weighted by atomic mass is 10.3. The molecule has 1 saturated heterocycles. The molecule has 5 nitrogen and oxygen atoms in total. The maximum Gasteiger partial charge on any atom is 0.236 e. The third-order valence-electron chi connectivity index (χ3n) is 2.93. The molecule has 0 bridgehead atoms. The quantitative estimate of drug-likeness (QED) is 0.761. The lowest BCUT2D eigenvalue weighted by Crippen LogP contribution is -2.45. The fourth-order valence-corrected chi connectivity index (χ4v) is 1.88. The number of nitrogens with zero attached hydrogens (tertiary/aromatic N) is 1. The minimum Gasteiger partial charge on any atom is -0.492 e.